The van der Waals surface area contributed by atoms with E-state index in [4.69, 9.17) is 9.47 Å². The number of ether oxygens (including phenoxy) is 2. The van der Waals surface area contributed by atoms with Gasteiger partial charge in [0, 0.05) is 20.3 Å². The number of hydrogen-bond acceptors (Lipinski definition) is 3. The Labute approximate surface area is 106 Å². The molecule has 1 aromatic heterocycles. The summed E-state index contributed by atoms with van der Waals surface area (Å²) in [5.74, 6) is 0. The molecule has 4 heteroatoms. The van der Waals surface area contributed by atoms with Crippen molar-refractivity contribution in [3.63, 3.8) is 0 Å². The Kier molecular flexibility index (Phi) is 4.48. The van der Waals surface area contributed by atoms with Gasteiger partial charge in [0.25, 0.3) is 0 Å². The minimum absolute atomic E-state index is 0.741. The highest BCUT2D eigenvalue weighted by Crippen LogP contribution is 2.20. The molecule has 1 heterocycles. The van der Waals surface area contributed by atoms with Crippen molar-refractivity contribution in [2.45, 2.75) is 13.0 Å². The van der Waals surface area contributed by atoms with Crippen molar-refractivity contribution in [1.82, 2.24) is 0 Å². The van der Waals surface area contributed by atoms with Crippen LogP contribution in [0.3, 0.4) is 0 Å². The lowest BCUT2D eigenvalue weighted by molar-refractivity contribution is -0.675. The molecule has 17 heavy (non-hydrogen) atoms. The Bertz CT molecular complexity index is 481. The van der Waals surface area contributed by atoms with Gasteiger partial charge in [-0.05, 0) is 6.07 Å². The molecule has 0 fully saturated rings. The zero-order chi connectivity index (χ0) is 12.1. The maximum atomic E-state index is 5.18. The molecule has 0 N–H and O–H groups in total. The summed E-state index contributed by atoms with van der Waals surface area (Å²) >= 11 is 1.84. The topological polar surface area (TPSA) is 22.3 Å². The second-order valence-corrected chi connectivity index (χ2v) is 4.97. The average molecular weight is 252 g/mol. The number of methoxy groups -OCH3 is 2. The van der Waals surface area contributed by atoms with Crippen LogP contribution in [0.1, 0.15) is 5.01 Å². The van der Waals surface area contributed by atoms with Gasteiger partial charge in [0.1, 0.15) is 11.3 Å². The van der Waals surface area contributed by atoms with E-state index >= 15 is 0 Å². The number of fused-ring (bicyclic) bond motifs is 1. The maximum absolute atomic E-state index is 5.18. The molecule has 3 nitrogen and oxygen atoms in total. The first-order valence-electron chi connectivity index (χ1n) is 5.75. The molecule has 92 valence electrons. The van der Waals surface area contributed by atoms with Crippen LogP contribution in [0.25, 0.3) is 10.2 Å². The molecule has 2 aromatic rings. The van der Waals surface area contributed by atoms with E-state index in [1.54, 1.807) is 14.2 Å². The lowest BCUT2D eigenvalue weighted by Gasteiger charge is -1.98. The molecule has 0 aliphatic rings. The van der Waals surface area contributed by atoms with Gasteiger partial charge < -0.3 is 9.47 Å². The van der Waals surface area contributed by atoms with Gasteiger partial charge in [0.15, 0.2) is 6.54 Å². The number of para-hydroxylation sites is 1. The van der Waals surface area contributed by atoms with Gasteiger partial charge in [-0.1, -0.05) is 23.5 Å². The number of rotatable bonds is 6. The second-order valence-electron chi connectivity index (χ2n) is 3.85. The monoisotopic (exact) mass is 252 g/mol. The van der Waals surface area contributed by atoms with Crippen LogP contribution >= 0.6 is 11.3 Å². The van der Waals surface area contributed by atoms with Crippen molar-refractivity contribution in [3.8, 4) is 0 Å². The van der Waals surface area contributed by atoms with Crippen LogP contribution in [0.2, 0.25) is 0 Å². The first-order valence-corrected chi connectivity index (χ1v) is 6.56. The molecule has 0 unspecified atom stereocenters. The molecule has 0 amide bonds. The lowest BCUT2D eigenvalue weighted by Crippen LogP contribution is -2.38. The Morgan fingerprint density at radius 1 is 1.12 bits per heavy atom. The molecule has 1 aromatic carbocycles. The zero-order valence-electron chi connectivity index (χ0n) is 10.3. The van der Waals surface area contributed by atoms with Crippen LogP contribution in [0.15, 0.2) is 24.3 Å². The standard InChI is InChI=1S/C13H18NO2S/c1-15-9-7-13-14(8-10-16-2)11-5-3-4-6-12(11)17-13/h3-6H,7-10H2,1-2H3/q+1. The first-order chi connectivity index (χ1) is 8.36. The Morgan fingerprint density at radius 2 is 1.88 bits per heavy atom. The molecule has 0 atom stereocenters. The number of nitrogens with zero attached hydrogens (tertiary/aromatic N) is 1. The van der Waals surface area contributed by atoms with E-state index in [-0.39, 0.29) is 0 Å². The summed E-state index contributed by atoms with van der Waals surface area (Å²) in [6, 6.07) is 8.50. The molecular weight excluding hydrogens is 234 g/mol. The van der Waals surface area contributed by atoms with Gasteiger partial charge in [-0.3, -0.25) is 0 Å². The van der Waals surface area contributed by atoms with Crippen molar-refractivity contribution >= 4 is 21.6 Å². The van der Waals surface area contributed by atoms with Crippen LogP contribution in [0.4, 0.5) is 0 Å². The summed E-state index contributed by atoms with van der Waals surface area (Å²) in [7, 11) is 3.48. The fourth-order valence-electron chi connectivity index (χ4n) is 1.89. The van der Waals surface area contributed by atoms with Crippen LogP contribution < -0.4 is 4.57 Å². The molecular formula is C13H18NO2S+. The minimum atomic E-state index is 0.741. The second kappa shape index (κ2) is 6.10. The predicted octanol–water partition coefficient (Wildman–Crippen LogP) is 2.02. The quantitative estimate of drug-likeness (QED) is 0.734. The molecule has 0 radical (unpaired) electrons. The van der Waals surface area contributed by atoms with E-state index in [1.165, 1.54) is 15.2 Å². The van der Waals surface area contributed by atoms with Gasteiger partial charge in [-0.2, -0.15) is 4.57 Å². The highest BCUT2D eigenvalue weighted by Gasteiger charge is 2.19. The average Bonchev–Trinajstić information content (AvgIpc) is 2.71. The molecule has 0 saturated carbocycles. The van der Waals surface area contributed by atoms with Crippen molar-refractivity contribution < 1.29 is 14.0 Å². The predicted molar refractivity (Wildman–Crippen MR) is 69.5 cm³/mol. The number of hydrogen-bond donors (Lipinski definition) is 0. The van der Waals surface area contributed by atoms with E-state index in [0.29, 0.717) is 0 Å². The van der Waals surface area contributed by atoms with Crippen LogP contribution in [-0.4, -0.2) is 27.4 Å². The normalized spacial score (nSPS) is 11.2. The number of thiazole rings is 1. The SMILES string of the molecule is COCCc1sc2ccccc2[n+]1CCOC. The van der Waals surface area contributed by atoms with E-state index in [2.05, 4.69) is 28.8 Å². The third kappa shape index (κ3) is 2.83. The zero-order valence-corrected chi connectivity index (χ0v) is 11.1. The fourth-order valence-corrected chi connectivity index (χ4v) is 3.05. The van der Waals surface area contributed by atoms with Crippen molar-refractivity contribution in [1.29, 1.82) is 0 Å². The maximum Gasteiger partial charge on any atom is 0.240 e. The Morgan fingerprint density at radius 3 is 2.65 bits per heavy atom. The van der Waals surface area contributed by atoms with Gasteiger partial charge in [0.05, 0.1) is 13.0 Å². The lowest BCUT2D eigenvalue weighted by atomic mass is 10.3. The van der Waals surface area contributed by atoms with E-state index in [9.17, 15) is 0 Å². The number of benzene rings is 1. The van der Waals surface area contributed by atoms with Crippen LogP contribution in [0, 0.1) is 0 Å². The molecule has 0 saturated heterocycles. The summed E-state index contributed by atoms with van der Waals surface area (Å²) in [6.07, 6.45) is 0.958. The highest BCUT2D eigenvalue weighted by molar-refractivity contribution is 7.18. The van der Waals surface area contributed by atoms with E-state index < -0.39 is 0 Å². The third-order valence-electron chi connectivity index (χ3n) is 2.72. The van der Waals surface area contributed by atoms with Crippen LogP contribution in [-0.2, 0) is 22.4 Å². The highest BCUT2D eigenvalue weighted by atomic mass is 32.1. The molecule has 0 aliphatic heterocycles. The largest absolute Gasteiger partial charge is 0.384 e. The summed E-state index contributed by atoms with van der Waals surface area (Å²) in [5.41, 5.74) is 1.29. The summed E-state index contributed by atoms with van der Waals surface area (Å²) in [4.78, 5) is 0. The molecule has 0 spiro atoms. The van der Waals surface area contributed by atoms with Gasteiger partial charge in [-0.25, -0.2) is 0 Å². The van der Waals surface area contributed by atoms with Gasteiger partial charge in [0.2, 0.25) is 10.5 Å². The van der Waals surface area contributed by atoms with E-state index in [0.717, 1.165) is 26.2 Å². The van der Waals surface area contributed by atoms with Crippen molar-refractivity contribution in [2.75, 3.05) is 27.4 Å². The van der Waals surface area contributed by atoms with Crippen LogP contribution in [0.5, 0.6) is 0 Å². The van der Waals surface area contributed by atoms with E-state index in [1.807, 2.05) is 11.3 Å². The summed E-state index contributed by atoms with van der Waals surface area (Å²) in [5, 5.41) is 1.35. The van der Waals surface area contributed by atoms with Crippen molar-refractivity contribution in [3.05, 3.63) is 29.3 Å². The molecule has 0 aliphatic carbocycles. The third-order valence-corrected chi connectivity index (χ3v) is 3.95. The first kappa shape index (κ1) is 12.5. The number of aromatic nitrogens is 1. The molecule has 2 rings (SSSR count). The van der Waals surface area contributed by atoms with Gasteiger partial charge >= 0.3 is 0 Å². The van der Waals surface area contributed by atoms with Gasteiger partial charge in [-0.15, -0.1) is 0 Å². The fraction of sp³-hybridized carbons (Fsp3) is 0.462. The Balaban J connectivity index is 2.34. The summed E-state index contributed by atoms with van der Waals surface area (Å²) < 4.78 is 14.0. The summed E-state index contributed by atoms with van der Waals surface area (Å²) in [6.45, 7) is 2.41. The smallest absolute Gasteiger partial charge is 0.240 e. The Hall–Kier alpha value is -0.970. The minimum Gasteiger partial charge on any atom is -0.384 e. The molecule has 0 bridgehead atoms. The van der Waals surface area contributed by atoms with Crippen molar-refractivity contribution in [2.24, 2.45) is 0 Å².